The highest BCUT2D eigenvalue weighted by molar-refractivity contribution is 6.09. The Labute approximate surface area is 480 Å². The Morgan fingerprint density at radius 3 is 1.64 bits per heavy atom. The summed E-state index contributed by atoms with van der Waals surface area (Å²) in [7, 11) is 0. The molecule has 0 fully saturated rings. The lowest BCUT2D eigenvalue weighted by Crippen LogP contribution is -2.26. The molecule has 0 radical (unpaired) electrons. The summed E-state index contributed by atoms with van der Waals surface area (Å²) in [4.78, 5) is 10.0. The van der Waals surface area contributed by atoms with Crippen molar-refractivity contribution >= 4 is 44.6 Å². The van der Waals surface area contributed by atoms with E-state index in [1.54, 1.807) is 0 Å². The van der Waals surface area contributed by atoms with Crippen LogP contribution in [-0.2, 0) is 21.7 Å². The highest BCUT2D eigenvalue weighted by atomic mass is 16.5. The zero-order chi connectivity index (χ0) is 56.6. The van der Waals surface area contributed by atoms with Crippen LogP contribution in [0.15, 0.2) is 219 Å². The lowest BCUT2D eigenvalue weighted by atomic mass is 9.76. The molecule has 0 atom stereocenters. The molecule has 2 aromatic heterocycles. The van der Waals surface area contributed by atoms with E-state index in [-0.39, 0.29) is 21.7 Å². The molecule has 0 amide bonds. The van der Waals surface area contributed by atoms with Gasteiger partial charge in [-0.15, -0.1) is 0 Å². The number of ether oxygens (including phenoxy) is 1. The van der Waals surface area contributed by atoms with Crippen LogP contribution in [0, 0.1) is 0 Å². The zero-order valence-corrected chi connectivity index (χ0v) is 49.2. The maximum absolute atomic E-state index is 7.00. The van der Waals surface area contributed by atoms with Crippen molar-refractivity contribution < 1.29 is 4.74 Å². The number of benzene rings is 9. The summed E-state index contributed by atoms with van der Waals surface area (Å²) in [6.45, 7) is 28.5. The second-order valence-electron chi connectivity index (χ2n) is 26.2. The summed E-state index contributed by atoms with van der Waals surface area (Å²) in [6, 6.07) is 77.9. The molecule has 5 heteroatoms. The van der Waals surface area contributed by atoms with Gasteiger partial charge < -0.3 is 14.5 Å². The maximum atomic E-state index is 7.00. The average Bonchev–Trinajstić information content (AvgIpc) is 4.07. The molecule has 0 saturated heterocycles. The topological polar surface area (TPSA) is 33.5 Å². The van der Waals surface area contributed by atoms with Crippen molar-refractivity contribution in [2.75, 3.05) is 16.5 Å². The molecule has 9 aromatic carbocycles. The fourth-order valence-electron chi connectivity index (χ4n) is 12.0. The maximum Gasteiger partial charge on any atom is 0.137 e. The number of aromatic nitrogens is 2. The van der Waals surface area contributed by atoms with Crippen LogP contribution in [-0.4, -0.2) is 16.2 Å². The van der Waals surface area contributed by atoms with Crippen molar-refractivity contribution in [2.24, 2.45) is 0 Å². The van der Waals surface area contributed by atoms with Gasteiger partial charge in [0.1, 0.15) is 24.0 Å². The number of rotatable bonds is 9. The van der Waals surface area contributed by atoms with E-state index < -0.39 is 0 Å². The van der Waals surface area contributed by atoms with Crippen LogP contribution in [0.5, 0.6) is 11.5 Å². The van der Waals surface area contributed by atoms with E-state index in [1.165, 1.54) is 72.3 Å². The molecule has 0 spiro atoms. The minimum Gasteiger partial charge on any atom is -0.457 e. The van der Waals surface area contributed by atoms with Crippen LogP contribution in [0.1, 0.15) is 105 Å². The number of hydrogen-bond acceptors (Lipinski definition) is 4. The lowest BCUT2D eigenvalue weighted by Gasteiger charge is -2.33. The summed E-state index contributed by atoms with van der Waals surface area (Å²) in [6.07, 6.45) is 1.93. The normalized spacial score (nSPS) is 13.1. The van der Waals surface area contributed by atoms with Crippen LogP contribution in [0.2, 0.25) is 0 Å². The average molecular weight is 1060 g/mol. The van der Waals surface area contributed by atoms with Crippen LogP contribution in [0.3, 0.4) is 0 Å². The second-order valence-corrected chi connectivity index (χ2v) is 26.2. The third-order valence-corrected chi connectivity index (χ3v) is 16.3. The zero-order valence-electron chi connectivity index (χ0n) is 49.2. The predicted octanol–water partition coefficient (Wildman–Crippen LogP) is 21.1. The van der Waals surface area contributed by atoms with E-state index in [4.69, 9.17) is 9.72 Å². The highest BCUT2D eigenvalue weighted by Crippen LogP contribution is 2.55. The van der Waals surface area contributed by atoms with Crippen molar-refractivity contribution in [3.05, 3.63) is 241 Å². The first-order chi connectivity index (χ1) is 38.7. The van der Waals surface area contributed by atoms with E-state index >= 15 is 0 Å². The van der Waals surface area contributed by atoms with Gasteiger partial charge in [0.25, 0.3) is 0 Å². The quantitative estimate of drug-likeness (QED) is 0.144. The van der Waals surface area contributed by atoms with Crippen molar-refractivity contribution in [3.8, 4) is 61.8 Å². The molecule has 81 heavy (non-hydrogen) atoms. The van der Waals surface area contributed by atoms with Gasteiger partial charge in [0.05, 0.1) is 28.1 Å². The van der Waals surface area contributed by atoms with Gasteiger partial charge >= 0.3 is 0 Å². The van der Waals surface area contributed by atoms with Gasteiger partial charge in [-0.3, -0.25) is 4.57 Å². The summed E-state index contributed by atoms with van der Waals surface area (Å²) in [5.74, 6) is 2.40. The van der Waals surface area contributed by atoms with Crippen molar-refractivity contribution in [3.63, 3.8) is 0 Å². The second kappa shape index (κ2) is 20.1. The molecular formula is C76H74N4O. The molecule has 5 nitrogen and oxygen atoms in total. The van der Waals surface area contributed by atoms with Crippen LogP contribution < -0.4 is 14.5 Å². The number of para-hydroxylation sites is 1. The van der Waals surface area contributed by atoms with E-state index in [0.717, 1.165) is 56.4 Å². The first-order valence-electron chi connectivity index (χ1n) is 28.7. The molecule has 0 saturated carbocycles. The number of hydrogen-bond donors (Lipinski definition) is 0. The predicted molar refractivity (Wildman–Crippen MR) is 344 cm³/mol. The fourth-order valence-corrected chi connectivity index (χ4v) is 12.0. The van der Waals surface area contributed by atoms with Crippen molar-refractivity contribution in [2.45, 2.75) is 105 Å². The Balaban J connectivity index is 1.05. The lowest BCUT2D eigenvalue weighted by molar-refractivity contribution is 0.483. The Morgan fingerprint density at radius 1 is 0.370 bits per heavy atom. The minimum atomic E-state index is -0.187. The van der Waals surface area contributed by atoms with Crippen molar-refractivity contribution in [1.29, 1.82) is 0 Å². The summed E-state index contributed by atoms with van der Waals surface area (Å²) in [5, 5.41) is 2.33. The molecule has 3 heterocycles. The van der Waals surface area contributed by atoms with Gasteiger partial charge in [-0.1, -0.05) is 217 Å². The van der Waals surface area contributed by atoms with E-state index in [2.05, 4.69) is 310 Å². The van der Waals surface area contributed by atoms with Gasteiger partial charge in [0, 0.05) is 45.9 Å². The van der Waals surface area contributed by atoms with Crippen molar-refractivity contribution in [1.82, 2.24) is 9.55 Å². The molecule has 1 aliphatic heterocycles. The number of nitrogens with zero attached hydrogens (tertiary/aromatic N) is 4. The van der Waals surface area contributed by atoms with E-state index in [1.807, 2.05) is 6.20 Å². The smallest absolute Gasteiger partial charge is 0.137 e. The number of pyridine rings is 1. The highest BCUT2D eigenvalue weighted by Gasteiger charge is 2.36. The van der Waals surface area contributed by atoms with Gasteiger partial charge in [0.2, 0.25) is 0 Å². The molecule has 404 valence electrons. The Morgan fingerprint density at radius 2 is 0.963 bits per heavy atom. The first kappa shape index (κ1) is 53.0. The van der Waals surface area contributed by atoms with Gasteiger partial charge in [-0.05, 0) is 144 Å². The van der Waals surface area contributed by atoms with Crippen LogP contribution in [0.25, 0.3) is 72.1 Å². The Hall–Kier alpha value is -8.67. The molecule has 12 rings (SSSR count). The fraction of sp³-hybridized carbons (Fsp3) is 0.224. The molecule has 1 aliphatic rings. The third-order valence-electron chi connectivity index (χ3n) is 16.3. The summed E-state index contributed by atoms with van der Waals surface area (Å²) >= 11 is 0. The standard InChI is InChI=1S/C76H74N4O/c1-73(2,3)54-40-41-77-71(46-54)80-67-33-22-20-31-61(67)62-38-36-58(48-69(62)80)81-57-29-23-28-56(47-57)78-49-79(68-39-35-53(43-70(68)78)51-26-17-14-18-27-51)72-63(59-30-19-21-32-65(59)75(7,8)9)44-55(74(4,5)6)45-64(72)60-37-34-52(42-66(60)76(10,11)12)50-24-15-13-16-25-50/h13-48H,49H2,1-12H3. The minimum absolute atomic E-state index is 0.0320. The monoisotopic (exact) mass is 1060 g/mol. The first-order valence-corrected chi connectivity index (χ1v) is 28.7. The van der Waals surface area contributed by atoms with Crippen LogP contribution in [0.4, 0.5) is 22.7 Å². The third kappa shape index (κ3) is 10.1. The summed E-state index contributed by atoms with van der Waals surface area (Å²) < 4.78 is 9.28. The molecule has 11 aromatic rings. The largest absolute Gasteiger partial charge is 0.457 e. The molecule has 0 N–H and O–H groups in total. The van der Waals surface area contributed by atoms with Gasteiger partial charge in [0.15, 0.2) is 0 Å². The van der Waals surface area contributed by atoms with E-state index in [0.29, 0.717) is 6.67 Å². The van der Waals surface area contributed by atoms with E-state index in [9.17, 15) is 0 Å². The Kier molecular flexibility index (Phi) is 13.2. The SMILES string of the molecule is CC(C)(C)c1ccnc(-n2c3ccccc3c3ccc(Oc4cccc(N5CN(c6c(-c7ccccc7C(C)(C)C)cc(C(C)(C)C)cc6-c6ccc(-c7ccccc7)cc6C(C)(C)C)c6ccc(-c7ccccc7)cc65)c4)cc32)c1. The molecular weight excluding hydrogens is 985 g/mol. The molecule has 0 unspecified atom stereocenters. The van der Waals surface area contributed by atoms with Gasteiger partial charge in [-0.2, -0.15) is 0 Å². The molecule has 0 aliphatic carbocycles. The summed E-state index contributed by atoms with van der Waals surface area (Å²) in [5.41, 5.74) is 21.0. The number of fused-ring (bicyclic) bond motifs is 4. The van der Waals surface area contributed by atoms with Gasteiger partial charge in [-0.25, -0.2) is 4.98 Å². The molecule has 0 bridgehead atoms. The van der Waals surface area contributed by atoms with Crippen LogP contribution >= 0.6 is 0 Å². The number of anilines is 4. The Bertz CT molecular complexity index is 4160.